The summed E-state index contributed by atoms with van der Waals surface area (Å²) in [6.07, 6.45) is 3.67. The second-order valence-electron chi connectivity index (χ2n) is 5.79. The van der Waals surface area contributed by atoms with E-state index in [0.717, 1.165) is 17.7 Å². The monoisotopic (exact) mass is 408 g/mol. The van der Waals surface area contributed by atoms with Gasteiger partial charge in [-0.25, -0.2) is 13.1 Å². The molecule has 0 heterocycles. The third kappa shape index (κ3) is 6.89. The molecular formula is C19H24N2O4S2. The first-order chi connectivity index (χ1) is 12.9. The second kappa shape index (κ2) is 10.3. The van der Waals surface area contributed by atoms with E-state index < -0.39 is 10.0 Å². The van der Waals surface area contributed by atoms with Crippen LogP contribution in [0.3, 0.4) is 0 Å². The standard InChI is InChI=1S/C19H24N2O4S2/c1-3-4-12-20-27(23,24)18-10-8-16(9-11-18)25-14-19(22)21-15-6-5-7-17(13-15)26-2/h5-11,13,20H,3-4,12,14H2,1-2H3,(H,21,22). The highest BCUT2D eigenvalue weighted by molar-refractivity contribution is 7.98. The number of benzene rings is 2. The van der Waals surface area contributed by atoms with Gasteiger partial charge in [0, 0.05) is 17.1 Å². The van der Waals surface area contributed by atoms with Crippen LogP contribution in [0, 0.1) is 0 Å². The number of carbonyl (C=O) groups is 1. The summed E-state index contributed by atoms with van der Waals surface area (Å²) in [4.78, 5) is 13.2. The lowest BCUT2D eigenvalue weighted by Crippen LogP contribution is -2.24. The van der Waals surface area contributed by atoms with Crippen molar-refractivity contribution in [2.75, 3.05) is 24.7 Å². The van der Waals surface area contributed by atoms with Crippen LogP contribution >= 0.6 is 11.8 Å². The lowest BCUT2D eigenvalue weighted by molar-refractivity contribution is -0.118. The number of nitrogens with one attached hydrogen (secondary N) is 2. The van der Waals surface area contributed by atoms with Crippen LogP contribution in [-0.4, -0.2) is 33.7 Å². The fraction of sp³-hybridized carbons (Fsp3) is 0.316. The zero-order chi connectivity index (χ0) is 19.7. The van der Waals surface area contributed by atoms with Gasteiger partial charge in [0.1, 0.15) is 5.75 Å². The average molecular weight is 409 g/mol. The molecule has 0 saturated heterocycles. The van der Waals surface area contributed by atoms with E-state index in [1.807, 2.05) is 37.4 Å². The van der Waals surface area contributed by atoms with E-state index in [-0.39, 0.29) is 17.4 Å². The summed E-state index contributed by atoms with van der Waals surface area (Å²) in [5.74, 6) is 0.140. The molecule has 27 heavy (non-hydrogen) atoms. The number of ether oxygens (including phenoxy) is 1. The molecule has 146 valence electrons. The quantitative estimate of drug-likeness (QED) is 0.464. The van der Waals surface area contributed by atoms with Gasteiger partial charge in [-0.15, -0.1) is 11.8 Å². The number of unbranched alkanes of at least 4 members (excludes halogenated alkanes) is 1. The Bertz CT molecular complexity index is 852. The van der Waals surface area contributed by atoms with Crippen molar-refractivity contribution in [3.8, 4) is 5.75 Å². The SMILES string of the molecule is CCCCNS(=O)(=O)c1ccc(OCC(=O)Nc2cccc(SC)c2)cc1. The van der Waals surface area contributed by atoms with Gasteiger partial charge < -0.3 is 10.1 Å². The minimum absolute atomic E-state index is 0.162. The normalized spacial score (nSPS) is 11.2. The highest BCUT2D eigenvalue weighted by Gasteiger charge is 2.13. The molecule has 8 heteroatoms. The van der Waals surface area contributed by atoms with Gasteiger partial charge in [-0.05, 0) is 55.1 Å². The van der Waals surface area contributed by atoms with Crippen LogP contribution in [0.15, 0.2) is 58.3 Å². The molecule has 2 aromatic carbocycles. The molecule has 2 rings (SSSR count). The van der Waals surface area contributed by atoms with E-state index in [0.29, 0.717) is 18.0 Å². The number of hydrogen-bond donors (Lipinski definition) is 2. The fourth-order valence-electron chi connectivity index (χ4n) is 2.23. The summed E-state index contributed by atoms with van der Waals surface area (Å²) >= 11 is 1.59. The average Bonchev–Trinajstić information content (AvgIpc) is 2.67. The lowest BCUT2D eigenvalue weighted by Gasteiger charge is -2.10. The van der Waals surface area contributed by atoms with Crippen LogP contribution in [0.1, 0.15) is 19.8 Å². The molecule has 0 saturated carbocycles. The van der Waals surface area contributed by atoms with E-state index in [9.17, 15) is 13.2 Å². The van der Waals surface area contributed by atoms with Crippen molar-refractivity contribution in [1.29, 1.82) is 0 Å². The molecule has 0 aliphatic carbocycles. The zero-order valence-electron chi connectivity index (χ0n) is 15.4. The van der Waals surface area contributed by atoms with Gasteiger partial charge in [0.25, 0.3) is 5.91 Å². The molecule has 0 bridgehead atoms. The second-order valence-corrected chi connectivity index (χ2v) is 8.44. The van der Waals surface area contributed by atoms with Crippen molar-refractivity contribution in [3.63, 3.8) is 0 Å². The molecule has 0 atom stereocenters. The molecule has 2 aromatic rings. The van der Waals surface area contributed by atoms with Gasteiger partial charge in [-0.2, -0.15) is 0 Å². The van der Waals surface area contributed by atoms with Gasteiger partial charge >= 0.3 is 0 Å². The van der Waals surface area contributed by atoms with Crippen LogP contribution in [0.2, 0.25) is 0 Å². The van der Waals surface area contributed by atoms with E-state index in [1.54, 1.807) is 11.8 Å². The minimum atomic E-state index is -3.51. The predicted octanol–water partition coefficient (Wildman–Crippen LogP) is 3.50. The highest BCUT2D eigenvalue weighted by Crippen LogP contribution is 2.19. The summed E-state index contributed by atoms with van der Waals surface area (Å²) in [5.41, 5.74) is 0.704. The van der Waals surface area contributed by atoms with Gasteiger partial charge in [0.15, 0.2) is 6.61 Å². The third-order valence-corrected chi connectivity index (χ3v) is 5.88. The first-order valence-corrected chi connectivity index (χ1v) is 11.3. The van der Waals surface area contributed by atoms with E-state index in [4.69, 9.17) is 4.74 Å². The first-order valence-electron chi connectivity index (χ1n) is 8.61. The molecule has 6 nitrogen and oxygen atoms in total. The maximum absolute atomic E-state index is 12.1. The fourth-order valence-corrected chi connectivity index (χ4v) is 3.76. The number of sulfonamides is 1. The highest BCUT2D eigenvalue weighted by atomic mass is 32.2. The number of thioether (sulfide) groups is 1. The van der Waals surface area contributed by atoms with E-state index >= 15 is 0 Å². The first kappa shape index (κ1) is 21.3. The smallest absolute Gasteiger partial charge is 0.262 e. The molecule has 0 radical (unpaired) electrons. The Morgan fingerprint density at radius 3 is 2.56 bits per heavy atom. The van der Waals surface area contributed by atoms with Gasteiger partial charge in [-0.1, -0.05) is 19.4 Å². The zero-order valence-corrected chi connectivity index (χ0v) is 17.0. The third-order valence-electron chi connectivity index (χ3n) is 3.68. The maximum atomic E-state index is 12.1. The van der Waals surface area contributed by atoms with Crippen molar-refractivity contribution in [2.45, 2.75) is 29.6 Å². The molecule has 0 aliphatic rings. The number of amides is 1. The number of anilines is 1. The molecule has 0 aliphatic heterocycles. The Hall–Kier alpha value is -2.03. The predicted molar refractivity (Wildman–Crippen MR) is 109 cm³/mol. The summed E-state index contributed by atoms with van der Waals surface area (Å²) in [6.45, 7) is 2.25. The number of hydrogen-bond acceptors (Lipinski definition) is 5. The van der Waals surface area contributed by atoms with Crippen LogP contribution in [0.5, 0.6) is 5.75 Å². The Morgan fingerprint density at radius 1 is 1.15 bits per heavy atom. The van der Waals surface area contributed by atoms with Crippen LogP contribution < -0.4 is 14.8 Å². The molecule has 0 aromatic heterocycles. The van der Waals surface area contributed by atoms with Crippen LogP contribution in [0.25, 0.3) is 0 Å². The number of carbonyl (C=O) groups excluding carboxylic acids is 1. The Labute approximate surface area is 164 Å². The van der Waals surface area contributed by atoms with Gasteiger partial charge in [0.2, 0.25) is 10.0 Å². The Balaban J connectivity index is 1.88. The Morgan fingerprint density at radius 2 is 1.89 bits per heavy atom. The van der Waals surface area contributed by atoms with Crippen molar-refractivity contribution in [1.82, 2.24) is 4.72 Å². The van der Waals surface area contributed by atoms with Crippen molar-refractivity contribution < 1.29 is 17.9 Å². The lowest BCUT2D eigenvalue weighted by atomic mass is 10.3. The number of rotatable bonds is 10. The molecule has 1 amide bonds. The maximum Gasteiger partial charge on any atom is 0.262 e. The van der Waals surface area contributed by atoms with E-state index in [1.165, 1.54) is 24.3 Å². The van der Waals surface area contributed by atoms with Crippen LogP contribution in [-0.2, 0) is 14.8 Å². The van der Waals surface area contributed by atoms with Crippen LogP contribution in [0.4, 0.5) is 5.69 Å². The van der Waals surface area contributed by atoms with Crippen molar-refractivity contribution >= 4 is 33.4 Å². The molecule has 0 spiro atoms. The summed E-state index contributed by atoms with van der Waals surface area (Å²) in [6, 6.07) is 13.5. The summed E-state index contributed by atoms with van der Waals surface area (Å²) in [5, 5.41) is 2.77. The minimum Gasteiger partial charge on any atom is -0.484 e. The van der Waals surface area contributed by atoms with E-state index in [2.05, 4.69) is 10.0 Å². The molecule has 0 unspecified atom stereocenters. The summed E-state index contributed by atoms with van der Waals surface area (Å²) < 4.78 is 32.2. The van der Waals surface area contributed by atoms with Crippen molar-refractivity contribution in [3.05, 3.63) is 48.5 Å². The van der Waals surface area contributed by atoms with Gasteiger partial charge in [-0.3, -0.25) is 4.79 Å². The van der Waals surface area contributed by atoms with Gasteiger partial charge in [0.05, 0.1) is 4.90 Å². The van der Waals surface area contributed by atoms with Crippen molar-refractivity contribution in [2.24, 2.45) is 0 Å². The largest absolute Gasteiger partial charge is 0.484 e. The summed E-state index contributed by atoms with van der Waals surface area (Å²) in [7, 11) is -3.51. The molecule has 0 fully saturated rings. The Kier molecular flexibility index (Phi) is 8.15. The molecular weight excluding hydrogens is 384 g/mol. The topological polar surface area (TPSA) is 84.5 Å². The molecule has 2 N–H and O–H groups in total.